The van der Waals surface area contributed by atoms with Crippen LogP contribution in [0.15, 0.2) is 74.3 Å². The first-order valence-corrected chi connectivity index (χ1v) is 12.9. The number of aromatic nitrogens is 4. The zero-order chi connectivity index (χ0) is 27.1. The number of halogens is 1. The predicted molar refractivity (Wildman–Crippen MR) is 148 cm³/mol. The molecule has 0 radical (unpaired) electrons. The van der Waals surface area contributed by atoms with Gasteiger partial charge in [-0.2, -0.15) is 9.78 Å². The Balaban J connectivity index is 1.60. The molecule has 0 saturated carbocycles. The van der Waals surface area contributed by atoms with Gasteiger partial charge < -0.3 is 14.1 Å². The van der Waals surface area contributed by atoms with Crippen molar-refractivity contribution in [3.05, 3.63) is 91.5 Å². The Morgan fingerprint density at radius 3 is 2.44 bits per heavy atom. The lowest BCUT2D eigenvalue weighted by atomic mass is 10.0. The van der Waals surface area contributed by atoms with Crippen LogP contribution in [0.4, 0.5) is 11.4 Å². The van der Waals surface area contributed by atoms with Gasteiger partial charge in [-0.15, -0.1) is 10.2 Å². The molecule has 11 nitrogen and oxygen atoms in total. The Bertz CT molecular complexity index is 1790. The summed E-state index contributed by atoms with van der Waals surface area (Å²) in [6.07, 6.45) is 0. The van der Waals surface area contributed by atoms with E-state index in [0.717, 1.165) is 14.8 Å². The fraction of sp³-hybridized carbons (Fsp3) is 0.185. The number of nitro groups is 1. The van der Waals surface area contributed by atoms with Crippen LogP contribution < -0.4 is 10.5 Å². The van der Waals surface area contributed by atoms with Crippen molar-refractivity contribution in [2.45, 2.75) is 6.92 Å². The molecule has 1 aliphatic heterocycles. The molecule has 3 heterocycles. The molecule has 0 aliphatic carbocycles. The van der Waals surface area contributed by atoms with E-state index < -0.39 is 10.5 Å². The summed E-state index contributed by atoms with van der Waals surface area (Å²) in [6, 6.07) is 17.3. The van der Waals surface area contributed by atoms with Crippen molar-refractivity contribution in [3.63, 3.8) is 0 Å². The zero-order valence-electron chi connectivity index (χ0n) is 20.7. The van der Waals surface area contributed by atoms with E-state index in [-0.39, 0.29) is 11.4 Å². The standard InChI is InChI=1S/C27H21BrN6O5/c1-16-29-30-26(39-16)18-12-17(13-19(28)14-18)25-21-4-2-3-5-22(21)27(35)33(31-25)24-15-20(6-7-23(24)34(36)37)32-8-10-38-11-9-32/h2-7,12-15H,8-11H2,1H3. The normalized spacial score (nSPS) is 13.6. The summed E-state index contributed by atoms with van der Waals surface area (Å²) in [5.41, 5.74) is 1.94. The smallest absolute Gasteiger partial charge is 0.295 e. The average molecular weight is 589 g/mol. The third kappa shape index (κ3) is 4.68. The van der Waals surface area contributed by atoms with E-state index in [4.69, 9.17) is 14.3 Å². The summed E-state index contributed by atoms with van der Waals surface area (Å²) in [5.74, 6) is 0.762. The lowest BCUT2D eigenvalue weighted by Gasteiger charge is -2.29. The number of ether oxygens (including phenoxy) is 1. The Morgan fingerprint density at radius 1 is 0.974 bits per heavy atom. The number of anilines is 1. The number of rotatable bonds is 5. The molecule has 6 rings (SSSR count). The van der Waals surface area contributed by atoms with Crippen LogP contribution in [-0.4, -0.2) is 51.2 Å². The van der Waals surface area contributed by atoms with Crippen LogP contribution in [0.2, 0.25) is 0 Å². The molecule has 0 atom stereocenters. The number of hydrogen-bond donors (Lipinski definition) is 0. The summed E-state index contributed by atoms with van der Waals surface area (Å²) in [6.45, 7) is 4.08. The average Bonchev–Trinajstić information content (AvgIpc) is 3.39. The monoisotopic (exact) mass is 588 g/mol. The van der Waals surface area contributed by atoms with Crippen LogP contribution in [0.5, 0.6) is 0 Å². The van der Waals surface area contributed by atoms with E-state index in [1.807, 2.05) is 24.3 Å². The largest absolute Gasteiger partial charge is 0.421 e. The molecule has 196 valence electrons. The fourth-order valence-electron chi connectivity index (χ4n) is 4.68. The minimum Gasteiger partial charge on any atom is -0.421 e. The Morgan fingerprint density at radius 2 is 1.72 bits per heavy atom. The van der Waals surface area contributed by atoms with E-state index in [1.54, 1.807) is 37.3 Å². The van der Waals surface area contributed by atoms with Gasteiger partial charge in [-0.1, -0.05) is 34.1 Å². The van der Waals surface area contributed by atoms with Gasteiger partial charge in [0.25, 0.3) is 11.2 Å². The van der Waals surface area contributed by atoms with Crippen molar-refractivity contribution in [2.75, 3.05) is 31.2 Å². The van der Waals surface area contributed by atoms with Gasteiger partial charge in [0.1, 0.15) is 5.69 Å². The summed E-state index contributed by atoms with van der Waals surface area (Å²) in [4.78, 5) is 27.4. The van der Waals surface area contributed by atoms with Crippen molar-refractivity contribution in [1.29, 1.82) is 0 Å². The molecule has 3 aromatic carbocycles. The first-order valence-electron chi connectivity index (χ1n) is 12.1. The second-order valence-corrected chi connectivity index (χ2v) is 9.91. The summed E-state index contributed by atoms with van der Waals surface area (Å²) in [5, 5.41) is 25.8. The quantitative estimate of drug-likeness (QED) is 0.207. The SMILES string of the molecule is Cc1nnc(-c2cc(Br)cc(-c3nn(-c4cc(N5CCOCC5)ccc4[N+](=O)[O-])c(=O)c4ccccc34)c2)o1. The van der Waals surface area contributed by atoms with Crippen molar-refractivity contribution >= 4 is 38.1 Å². The molecule has 39 heavy (non-hydrogen) atoms. The number of nitro benzene ring substituents is 1. The van der Waals surface area contributed by atoms with Gasteiger partial charge in [0.15, 0.2) is 0 Å². The Hall–Kier alpha value is -4.42. The highest BCUT2D eigenvalue weighted by Crippen LogP contribution is 2.34. The highest BCUT2D eigenvalue weighted by Gasteiger charge is 2.23. The van der Waals surface area contributed by atoms with E-state index in [1.165, 1.54) is 6.07 Å². The second kappa shape index (κ2) is 10.0. The lowest BCUT2D eigenvalue weighted by molar-refractivity contribution is -0.384. The molecule has 2 aromatic heterocycles. The van der Waals surface area contributed by atoms with Crippen LogP contribution in [-0.2, 0) is 4.74 Å². The molecule has 0 spiro atoms. The molecule has 0 amide bonds. The van der Waals surface area contributed by atoms with Crippen LogP contribution in [0, 0.1) is 17.0 Å². The lowest BCUT2D eigenvalue weighted by Crippen LogP contribution is -2.36. The zero-order valence-corrected chi connectivity index (χ0v) is 22.3. The maximum absolute atomic E-state index is 13.7. The molecular formula is C27H21BrN6O5. The number of aryl methyl sites for hydroxylation is 1. The minimum absolute atomic E-state index is 0.0868. The molecule has 5 aromatic rings. The van der Waals surface area contributed by atoms with Crippen molar-refractivity contribution < 1.29 is 14.1 Å². The van der Waals surface area contributed by atoms with Crippen molar-refractivity contribution in [3.8, 4) is 28.4 Å². The van der Waals surface area contributed by atoms with Crippen LogP contribution in [0.3, 0.4) is 0 Å². The highest BCUT2D eigenvalue weighted by molar-refractivity contribution is 9.10. The maximum atomic E-state index is 13.7. The number of nitrogens with zero attached hydrogens (tertiary/aromatic N) is 6. The van der Waals surface area contributed by atoms with Crippen molar-refractivity contribution in [2.24, 2.45) is 0 Å². The van der Waals surface area contributed by atoms with Gasteiger partial charge in [0, 0.05) is 52.8 Å². The minimum atomic E-state index is -0.503. The van der Waals surface area contributed by atoms with Crippen LogP contribution in [0.25, 0.3) is 39.2 Å². The van der Waals surface area contributed by atoms with Gasteiger partial charge >= 0.3 is 0 Å². The molecule has 1 fully saturated rings. The van der Waals surface area contributed by atoms with Gasteiger partial charge in [-0.05, 0) is 36.4 Å². The third-order valence-electron chi connectivity index (χ3n) is 6.51. The van der Waals surface area contributed by atoms with Gasteiger partial charge in [0.05, 0.1) is 29.2 Å². The van der Waals surface area contributed by atoms with E-state index in [2.05, 4.69) is 31.0 Å². The number of fused-ring (bicyclic) bond motifs is 1. The maximum Gasteiger partial charge on any atom is 0.295 e. The highest BCUT2D eigenvalue weighted by atomic mass is 79.9. The molecule has 1 saturated heterocycles. The molecule has 1 aliphatic rings. The van der Waals surface area contributed by atoms with Crippen molar-refractivity contribution in [1.82, 2.24) is 20.0 Å². The second-order valence-electron chi connectivity index (χ2n) is 9.00. The fourth-order valence-corrected chi connectivity index (χ4v) is 5.18. The molecule has 0 N–H and O–H groups in total. The van der Waals surface area contributed by atoms with Gasteiger partial charge in [-0.25, -0.2) is 0 Å². The van der Waals surface area contributed by atoms with E-state index in [0.29, 0.717) is 65.7 Å². The summed E-state index contributed by atoms with van der Waals surface area (Å²) < 4.78 is 12.9. The first kappa shape index (κ1) is 24.9. The van der Waals surface area contributed by atoms with Gasteiger partial charge in [0.2, 0.25) is 11.8 Å². The summed E-state index contributed by atoms with van der Waals surface area (Å²) in [7, 11) is 0. The Kier molecular flexibility index (Phi) is 6.41. The third-order valence-corrected chi connectivity index (χ3v) is 6.97. The number of morpholine rings is 1. The number of benzene rings is 3. The van der Waals surface area contributed by atoms with Crippen LogP contribution in [0.1, 0.15) is 5.89 Å². The topological polar surface area (TPSA) is 129 Å². The number of hydrogen-bond acceptors (Lipinski definition) is 9. The molecule has 0 unspecified atom stereocenters. The molecule has 12 heteroatoms. The molecular weight excluding hydrogens is 568 g/mol. The van der Waals surface area contributed by atoms with E-state index >= 15 is 0 Å². The molecule has 0 bridgehead atoms. The Labute approximate surface area is 229 Å². The first-order chi connectivity index (χ1) is 18.9. The summed E-state index contributed by atoms with van der Waals surface area (Å²) >= 11 is 3.55. The van der Waals surface area contributed by atoms with Gasteiger partial charge in [-0.3, -0.25) is 14.9 Å². The predicted octanol–water partition coefficient (Wildman–Crippen LogP) is 4.92. The van der Waals surface area contributed by atoms with Crippen LogP contribution >= 0.6 is 15.9 Å². The van der Waals surface area contributed by atoms with E-state index in [9.17, 15) is 14.9 Å².